The first-order valence-electron chi connectivity index (χ1n) is 10.6. The van der Waals surface area contributed by atoms with E-state index in [2.05, 4.69) is 15.2 Å². The Kier molecular flexibility index (Phi) is 5.80. The second kappa shape index (κ2) is 9.05. The molecule has 2 N–H and O–H groups in total. The topological polar surface area (TPSA) is 96.2 Å². The number of anilines is 2. The molecule has 3 heterocycles. The third kappa shape index (κ3) is 4.33. The van der Waals surface area contributed by atoms with Crippen LogP contribution in [0.4, 0.5) is 17.1 Å². The quantitative estimate of drug-likeness (QED) is 0.606. The SMILES string of the molecule is O=C(Cn1c(O)c(C=C2C=Nc3ccccc32)sc1=O)Nc1ccccc1N1CCOCC1. The van der Waals surface area contributed by atoms with Crippen molar-refractivity contribution in [2.24, 2.45) is 4.99 Å². The Hall–Kier alpha value is -3.69. The first-order chi connectivity index (χ1) is 16.1. The highest BCUT2D eigenvalue weighted by molar-refractivity contribution is 7.10. The van der Waals surface area contributed by atoms with Gasteiger partial charge >= 0.3 is 4.87 Å². The molecule has 1 aromatic heterocycles. The van der Waals surface area contributed by atoms with E-state index < -0.39 is 10.8 Å². The fraction of sp³-hybridized carbons (Fsp3) is 0.208. The lowest BCUT2D eigenvalue weighted by Gasteiger charge is -2.30. The van der Waals surface area contributed by atoms with Gasteiger partial charge in [-0.05, 0) is 24.3 Å². The summed E-state index contributed by atoms with van der Waals surface area (Å²) in [4.78, 5) is 31.8. The Morgan fingerprint density at radius 3 is 2.76 bits per heavy atom. The van der Waals surface area contributed by atoms with E-state index >= 15 is 0 Å². The fourth-order valence-electron chi connectivity index (χ4n) is 3.94. The van der Waals surface area contributed by atoms with Crippen molar-refractivity contribution in [2.75, 3.05) is 36.5 Å². The summed E-state index contributed by atoms with van der Waals surface area (Å²) < 4.78 is 6.50. The van der Waals surface area contributed by atoms with Gasteiger partial charge in [-0.3, -0.25) is 19.1 Å². The van der Waals surface area contributed by atoms with E-state index in [-0.39, 0.29) is 12.4 Å². The van der Waals surface area contributed by atoms with Crippen molar-refractivity contribution in [3.05, 3.63) is 68.6 Å². The summed E-state index contributed by atoms with van der Waals surface area (Å²) >= 11 is 0.894. The van der Waals surface area contributed by atoms with Gasteiger partial charge in [0.15, 0.2) is 0 Å². The first kappa shape index (κ1) is 21.2. The maximum absolute atomic E-state index is 12.8. The minimum atomic E-state index is -0.404. The minimum Gasteiger partial charge on any atom is -0.493 e. The molecule has 0 radical (unpaired) electrons. The zero-order valence-electron chi connectivity index (χ0n) is 17.7. The highest BCUT2D eigenvalue weighted by atomic mass is 32.1. The molecule has 0 atom stereocenters. The zero-order valence-corrected chi connectivity index (χ0v) is 18.5. The number of hydrogen-bond donors (Lipinski definition) is 2. The van der Waals surface area contributed by atoms with E-state index in [1.54, 1.807) is 12.3 Å². The number of nitrogens with zero attached hydrogens (tertiary/aromatic N) is 3. The molecule has 2 aliphatic rings. The minimum absolute atomic E-state index is 0.230. The van der Waals surface area contributed by atoms with Gasteiger partial charge in [0.05, 0.1) is 35.2 Å². The zero-order chi connectivity index (χ0) is 22.8. The van der Waals surface area contributed by atoms with E-state index in [4.69, 9.17) is 4.74 Å². The van der Waals surface area contributed by atoms with Gasteiger partial charge in [-0.2, -0.15) is 0 Å². The average Bonchev–Trinajstić information content (AvgIpc) is 3.36. The van der Waals surface area contributed by atoms with E-state index in [9.17, 15) is 14.7 Å². The highest BCUT2D eigenvalue weighted by Gasteiger charge is 2.20. The molecule has 2 aromatic carbocycles. The van der Waals surface area contributed by atoms with Gasteiger partial charge in [0.25, 0.3) is 0 Å². The second-order valence-electron chi connectivity index (χ2n) is 7.68. The van der Waals surface area contributed by atoms with E-state index in [1.807, 2.05) is 48.5 Å². The number of aliphatic imine (C=N–C) groups is 1. The number of nitrogens with one attached hydrogen (secondary N) is 1. The van der Waals surface area contributed by atoms with Crippen molar-refractivity contribution in [2.45, 2.75) is 6.54 Å². The summed E-state index contributed by atoms with van der Waals surface area (Å²) in [6.07, 6.45) is 3.42. The van der Waals surface area contributed by atoms with Crippen molar-refractivity contribution in [3.8, 4) is 5.88 Å². The van der Waals surface area contributed by atoms with Crippen LogP contribution in [0, 0.1) is 0 Å². The molecule has 0 spiro atoms. The van der Waals surface area contributed by atoms with E-state index in [1.165, 1.54) is 0 Å². The Balaban J connectivity index is 1.35. The Morgan fingerprint density at radius 1 is 1.15 bits per heavy atom. The molecular weight excluding hydrogens is 440 g/mol. The van der Waals surface area contributed by atoms with Crippen LogP contribution >= 0.6 is 11.3 Å². The number of ether oxygens (including phenoxy) is 1. The van der Waals surface area contributed by atoms with Gasteiger partial charge < -0.3 is 20.1 Å². The molecule has 33 heavy (non-hydrogen) atoms. The summed E-state index contributed by atoms with van der Waals surface area (Å²) in [6.45, 7) is 2.46. The number of aromatic nitrogens is 1. The Labute approximate surface area is 194 Å². The molecule has 168 valence electrons. The van der Waals surface area contributed by atoms with E-state index in [0.29, 0.717) is 23.8 Å². The lowest BCUT2D eigenvalue weighted by atomic mass is 10.1. The number of rotatable bonds is 5. The number of carbonyl (C=O) groups is 1. The lowest BCUT2D eigenvalue weighted by Crippen LogP contribution is -2.37. The predicted molar refractivity (Wildman–Crippen MR) is 131 cm³/mol. The van der Waals surface area contributed by atoms with Crippen LogP contribution in [0.15, 0.2) is 58.3 Å². The second-order valence-corrected chi connectivity index (χ2v) is 8.67. The first-order valence-corrected chi connectivity index (χ1v) is 11.4. The fourth-order valence-corrected chi connectivity index (χ4v) is 4.77. The molecule has 1 saturated heterocycles. The van der Waals surface area contributed by atoms with Gasteiger partial charge in [0, 0.05) is 30.4 Å². The third-order valence-corrected chi connectivity index (χ3v) is 6.49. The van der Waals surface area contributed by atoms with Gasteiger partial charge in [-0.15, -0.1) is 0 Å². The molecule has 8 nitrogen and oxygen atoms in total. The maximum atomic E-state index is 12.8. The number of para-hydroxylation sites is 3. The summed E-state index contributed by atoms with van der Waals surface area (Å²) in [5, 5.41) is 13.6. The molecule has 1 amide bonds. The number of hydrogen-bond acceptors (Lipinski definition) is 7. The van der Waals surface area contributed by atoms with Gasteiger partial charge in [0.2, 0.25) is 11.8 Å². The number of allylic oxidation sites excluding steroid dienone is 1. The molecule has 9 heteroatoms. The molecule has 0 aliphatic carbocycles. The van der Waals surface area contributed by atoms with Crippen LogP contribution in [0.2, 0.25) is 0 Å². The van der Waals surface area contributed by atoms with Crippen LogP contribution in [0.1, 0.15) is 10.4 Å². The van der Waals surface area contributed by atoms with Crippen LogP contribution in [-0.4, -0.2) is 48.1 Å². The van der Waals surface area contributed by atoms with Crippen LogP contribution in [0.5, 0.6) is 5.88 Å². The van der Waals surface area contributed by atoms with Gasteiger partial charge in [-0.1, -0.05) is 41.7 Å². The Bertz CT molecular complexity index is 1320. The average molecular weight is 463 g/mol. The molecular formula is C24H22N4O4S. The monoisotopic (exact) mass is 462 g/mol. The Morgan fingerprint density at radius 2 is 1.91 bits per heavy atom. The molecule has 3 aromatic rings. The molecule has 1 fully saturated rings. The number of aromatic hydroxyl groups is 1. The number of benzene rings is 2. The number of fused-ring (bicyclic) bond motifs is 1. The van der Waals surface area contributed by atoms with Crippen molar-refractivity contribution < 1.29 is 14.6 Å². The summed E-state index contributed by atoms with van der Waals surface area (Å²) in [5.41, 5.74) is 4.14. The van der Waals surface area contributed by atoms with Crippen LogP contribution in [0.3, 0.4) is 0 Å². The number of thiazole rings is 1. The van der Waals surface area contributed by atoms with Gasteiger partial charge in [-0.25, -0.2) is 0 Å². The van der Waals surface area contributed by atoms with Crippen molar-refractivity contribution in [1.29, 1.82) is 0 Å². The standard InChI is InChI=1S/C24H22N4O4S/c29-22(26-19-7-3-4-8-20(19)27-9-11-32-12-10-27)15-28-23(30)21(33-24(28)31)13-16-14-25-18-6-2-1-5-17(16)18/h1-8,13-14,30H,9-12,15H2,(H,26,29). The van der Waals surface area contributed by atoms with Crippen LogP contribution in [0.25, 0.3) is 11.6 Å². The predicted octanol–water partition coefficient (Wildman–Crippen LogP) is 3.35. The maximum Gasteiger partial charge on any atom is 0.311 e. The highest BCUT2D eigenvalue weighted by Crippen LogP contribution is 2.34. The third-order valence-electron chi connectivity index (χ3n) is 5.57. The van der Waals surface area contributed by atoms with Crippen molar-refractivity contribution in [3.63, 3.8) is 0 Å². The number of amides is 1. The summed E-state index contributed by atoms with van der Waals surface area (Å²) in [7, 11) is 0. The van der Waals surface area contributed by atoms with E-state index in [0.717, 1.165) is 51.5 Å². The smallest absolute Gasteiger partial charge is 0.311 e. The molecule has 0 bridgehead atoms. The normalized spacial score (nSPS) is 16.2. The summed E-state index contributed by atoms with van der Waals surface area (Å²) in [5.74, 6) is -0.621. The van der Waals surface area contributed by atoms with Crippen molar-refractivity contribution >= 4 is 52.2 Å². The molecule has 0 unspecified atom stereocenters. The van der Waals surface area contributed by atoms with Crippen LogP contribution in [-0.2, 0) is 16.1 Å². The number of carbonyl (C=O) groups excluding carboxylic acids is 1. The number of morpholine rings is 1. The largest absolute Gasteiger partial charge is 0.493 e. The molecule has 5 rings (SSSR count). The lowest BCUT2D eigenvalue weighted by molar-refractivity contribution is -0.116. The van der Waals surface area contributed by atoms with Crippen molar-refractivity contribution in [1.82, 2.24) is 4.57 Å². The van der Waals surface area contributed by atoms with Gasteiger partial charge in [0.1, 0.15) is 6.54 Å². The summed E-state index contributed by atoms with van der Waals surface area (Å²) in [6, 6.07) is 15.2. The molecule has 2 aliphatic heterocycles. The molecule has 0 saturated carbocycles. The van der Waals surface area contributed by atoms with Crippen LogP contribution < -0.4 is 15.1 Å².